The van der Waals surface area contributed by atoms with Gasteiger partial charge in [0.15, 0.2) is 11.5 Å². The maximum Gasteiger partial charge on any atom is 0.161 e. The van der Waals surface area contributed by atoms with Crippen molar-refractivity contribution in [3.8, 4) is 11.5 Å². The Morgan fingerprint density at radius 2 is 1.80 bits per heavy atom. The Morgan fingerprint density at radius 3 is 2.35 bits per heavy atom. The van der Waals surface area contributed by atoms with Crippen LogP contribution in [0.1, 0.15) is 38.3 Å². The molecule has 0 spiro atoms. The lowest BCUT2D eigenvalue weighted by Gasteiger charge is -2.23. The molecule has 20 heavy (non-hydrogen) atoms. The van der Waals surface area contributed by atoms with Crippen molar-refractivity contribution in [1.29, 1.82) is 0 Å². The fourth-order valence-electron chi connectivity index (χ4n) is 2.15. The molecule has 1 N–H and O–H groups in total. The molecule has 4 heteroatoms. The van der Waals surface area contributed by atoms with Gasteiger partial charge in [0.25, 0.3) is 0 Å². The van der Waals surface area contributed by atoms with Crippen LogP contribution in [0.5, 0.6) is 11.5 Å². The highest BCUT2D eigenvalue weighted by molar-refractivity contribution is 5.43. The van der Waals surface area contributed by atoms with E-state index < -0.39 is 0 Å². The molecular formula is C16H27NO3. The number of hydrogen-bond donors (Lipinski definition) is 1. The van der Waals surface area contributed by atoms with Crippen LogP contribution in [0.3, 0.4) is 0 Å². The summed E-state index contributed by atoms with van der Waals surface area (Å²) in [4.78, 5) is 0. The van der Waals surface area contributed by atoms with Gasteiger partial charge in [-0.25, -0.2) is 0 Å². The molecule has 114 valence electrons. The summed E-state index contributed by atoms with van der Waals surface area (Å²) in [6.45, 7) is 5.23. The van der Waals surface area contributed by atoms with Crippen molar-refractivity contribution in [3.63, 3.8) is 0 Å². The minimum Gasteiger partial charge on any atom is -0.493 e. The number of rotatable bonds is 9. The van der Waals surface area contributed by atoms with Gasteiger partial charge in [0.05, 0.1) is 20.3 Å². The van der Waals surface area contributed by atoms with Gasteiger partial charge in [-0.15, -0.1) is 0 Å². The maximum absolute atomic E-state index is 5.39. The standard InChI is InChI=1S/C16H27NO3/c1-6-9-17-14(10-12(2)18-3)13-7-8-15(19-4)16(11-13)20-5/h7-8,11-12,14,17H,6,9-10H2,1-5H3. The summed E-state index contributed by atoms with van der Waals surface area (Å²) in [5.41, 5.74) is 1.19. The zero-order valence-corrected chi connectivity index (χ0v) is 13.2. The number of benzene rings is 1. The highest BCUT2D eigenvalue weighted by Gasteiger charge is 2.16. The van der Waals surface area contributed by atoms with Gasteiger partial charge in [-0.05, 0) is 44.0 Å². The quantitative estimate of drug-likeness (QED) is 0.754. The molecular weight excluding hydrogens is 254 g/mol. The Labute approximate surface area is 122 Å². The van der Waals surface area contributed by atoms with E-state index in [2.05, 4.69) is 25.2 Å². The first kappa shape index (κ1) is 16.8. The lowest BCUT2D eigenvalue weighted by molar-refractivity contribution is 0.100. The molecule has 0 aromatic heterocycles. The summed E-state index contributed by atoms with van der Waals surface area (Å²) in [6, 6.07) is 6.32. The first-order valence-corrected chi connectivity index (χ1v) is 7.14. The third kappa shape index (κ3) is 4.69. The van der Waals surface area contributed by atoms with Crippen LogP contribution in [0, 0.1) is 0 Å². The smallest absolute Gasteiger partial charge is 0.161 e. The molecule has 0 heterocycles. The molecule has 0 fully saturated rings. The SMILES string of the molecule is CCCNC(CC(C)OC)c1ccc(OC)c(OC)c1. The summed E-state index contributed by atoms with van der Waals surface area (Å²) >= 11 is 0. The molecule has 0 bridgehead atoms. The van der Waals surface area contributed by atoms with Crippen LogP contribution in [0.4, 0.5) is 0 Å². The monoisotopic (exact) mass is 281 g/mol. The summed E-state index contributed by atoms with van der Waals surface area (Å²) in [6.07, 6.45) is 2.23. The Morgan fingerprint density at radius 1 is 1.10 bits per heavy atom. The van der Waals surface area contributed by atoms with E-state index in [0.717, 1.165) is 30.9 Å². The molecule has 0 saturated carbocycles. The van der Waals surface area contributed by atoms with Crippen molar-refractivity contribution in [2.45, 2.75) is 38.8 Å². The van der Waals surface area contributed by atoms with Gasteiger partial charge in [-0.1, -0.05) is 13.0 Å². The van der Waals surface area contributed by atoms with Crippen molar-refractivity contribution >= 4 is 0 Å². The molecule has 1 rings (SSSR count). The van der Waals surface area contributed by atoms with Crippen LogP contribution in [0.25, 0.3) is 0 Å². The Balaban J connectivity index is 2.93. The molecule has 2 unspecified atom stereocenters. The molecule has 1 aromatic carbocycles. The topological polar surface area (TPSA) is 39.7 Å². The summed E-state index contributed by atoms with van der Waals surface area (Å²) in [5.74, 6) is 1.52. The lowest BCUT2D eigenvalue weighted by atomic mass is 10.00. The van der Waals surface area contributed by atoms with Crippen molar-refractivity contribution in [2.75, 3.05) is 27.9 Å². The van der Waals surface area contributed by atoms with Gasteiger partial charge < -0.3 is 19.5 Å². The molecule has 2 atom stereocenters. The predicted molar refractivity (Wildman–Crippen MR) is 81.7 cm³/mol. The Bertz CT molecular complexity index is 395. The fraction of sp³-hybridized carbons (Fsp3) is 0.625. The maximum atomic E-state index is 5.39. The van der Waals surface area contributed by atoms with E-state index in [-0.39, 0.29) is 12.1 Å². The van der Waals surface area contributed by atoms with Crippen LogP contribution in [0.2, 0.25) is 0 Å². The largest absolute Gasteiger partial charge is 0.493 e. The number of hydrogen-bond acceptors (Lipinski definition) is 4. The minimum absolute atomic E-state index is 0.206. The zero-order chi connectivity index (χ0) is 15.0. The average Bonchev–Trinajstić information content (AvgIpc) is 2.50. The van der Waals surface area contributed by atoms with Crippen LogP contribution in [0.15, 0.2) is 18.2 Å². The van der Waals surface area contributed by atoms with Crippen molar-refractivity contribution in [1.82, 2.24) is 5.32 Å². The van der Waals surface area contributed by atoms with Crippen LogP contribution in [-0.4, -0.2) is 34.0 Å². The normalized spacial score (nSPS) is 13.8. The van der Waals surface area contributed by atoms with Crippen LogP contribution < -0.4 is 14.8 Å². The zero-order valence-electron chi connectivity index (χ0n) is 13.2. The van der Waals surface area contributed by atoms with E-state index in [4.69, 9.17) is 14.2 Å². The number of methoxy groups -OCH3 is 3. The lowest BCUT2D eigenvalue weighted by Crippen LogP contribution is -2.26. The highest BCUT2D eigenvalue weighted by atomic mass is 16.5. The van der Waals surface area contributed by atoms with E-state index in [1.165, 1.54) is 5.56 Å². The average molecular weight is 281 g/mol. The van der Waals surface area contributed by atoms with Gasteiger partial charge in [0.1, 0.15) is 0 Å². The molecule has 0 aliphatic carbocycles. The van der Waals surface area contributed by atoms with Gasteiger partial charge in [0.2, 0.25) is 0 Å². The molecule has 0 aliphatic heterocycles. The van der Waals surface area contributed by atoms with Gasteiger partial charge >= 0.3 is 0 Å². The first-order valence-electron chi connectivity index (χ1n) is 7.14. The molecule has 1 aromatic rings. The van der Waals surface area contributed by atoms with Gasteiger partial charge in [-0.2, -0.15) is 0 Å². The van der Waals surface area contributed by atoms with E-state index >= 15 is 0 Å². The van der Waals surface area contributed by atoms with Gasteiger partial charge in [-0.3, -0.25) is 0 Å². The van der Waals surface area contributed by atoms with E-state index in [1.54, 1.807) is 21.3 Å². The Kier molecular flexibility index (Phi) is 7.41. The number of ether oxygens (including phenoxy) is 3. The number of nitrogens with one attached hydrogen (secondary N) is 1. The van der Waals surface area contributed by atoms with Gasteiger partial charge in [0, 0.05) is 13.2 Å². The molecule has 4 nitrogen and oxygen atoms in total. The van der Waals surface area contributed by atoms with Crippen molar-refractivity contribution in [3.05, 3.63) is 23.8 Å². The first-order chi connectivity index (χ1) is 9.65. The van der Waals surface area contributed by atoms with E-state index in [0.29, 0.717) is 0 Å². The summed E-state index contributed by atoms with van der Waals surface area (Å²) < 4.78 is 16.1. The summed E-state index contributed by atoms with van der Waals surface area (Å²) in [7, 11) is 5.06. The van der Waals surface area contributed by atoms with E-state index in [9.17, 15) is 0 Å². The Hall–Kier alpha value is -1.26. The molecule has 0 saturated heterocycles. The second kappa shape index (κ2) is 8.82. The molecule has 0 radical (unpaired) electrons. The van der Waals surface area contributed by atoms with Crippen molar-refractivity contribution in [2.24, 2.45) is 0 Å². The minimum atomic E-state index is 0.206. The third-order valence-electron chi connectivity index (χ3n) is 3.42. The molecule has 0 aliphatic rings. The third-order valence-corrected chi connectivity index (χ3v) is 3.42. The molecule has 0 amide bonds. The second-order valence-electron chi connectivity index (χ2n) is 4.90. The summed E-state index contributed by atoms with van der Waals surface area (Å²) in [5, 5.41) is 3.56. The highest BCUT2D eigenvalue weighted by Crippen LogP contribution is 2.31. The second-order valence-corrected chi connectivity index (χ2v) is 4.90. The van der Waals surface area contributed by atoms with Crippen LogP contribution >= 0.6 is 0 Å². The fourth-order valence-corrected chi connectivity index (χ4v) is 2.15. The predicted octanol–water partition coefficient (Wildman–Crippen LogP) is 3.17. The van der Waals surface area contributed by atoms with Crippen LogP contribution in [-0.2, 0) is 4.74 Å². The van der Waals surface area contributed by atoms with Crippen molar-refractivity contribution < 1.29 is 14.2 Å². The van der Waals surface area contributed by atoms with E-state index in [1.807, 2.05) is 12.1 Å².